The monoisotopic (exact) mass is 478 g/mol. The predicted molar refractivity (Wildman–Crippen MR) is 136 cm³/mol. The molecule has 0 amide bonds. The molecule has 0 saturated heterocycles. The van der Waals surface area contributed by atoms with Gasteiger partial charge in [0.2, 0.25) is 0 Å². The van der Waals surface area contributed by atoms with Crippen molar-refractivity contribution in [2.45, 2.75) is 58.9 Å². The highest BCUT2D eigenvalue weighted by atomic mass is 19.1. The molecular formula is C29H35FN2O3. The largest absolute Gasteiger partial charge is 0.480 e. The van der Waals surface area contributed by atoms with Gasteiger partial charge < -0.3 is 9.84 Å². The second kappa shape index (κ2) is 11.6. The lowest BCUT2D eigenvalue weighted by Gasteiger charge is -2.28. The molecule has 1 heterocycles. The number of rotatable bonds is 10. The third-order valence-corrected chi connectivity index (χ3v) is 6.92. The molecule has 0 bridgehead atoms. The minimum atomic E-state index is -0.911. The van der Waals surface area contributed by atoms with E-state index in [4.69, 9.17) is 14.9 Å². The summed E-state index contributed by atoms with van der Waals surface area (Å²) in [6.45, 7) is 5.26. The number of carbonyl (C=O) groups is 1. The Hall–Kier alpha value is -2.99. The lowest BCUT2D eigenvalue weighted by molar-refractivity contribution is -0.142. The first kappa shape index (κ1) is 25.1. The fourth-order valence-electron chi connectivity index (χ4n) is 5.08. The van der Waals surface area contributed by atoms with Gasteiger partial charge in [0, 0.05) is 23.9 Å². The van der Waals surface area contributed by atoms with Crippen molar-refractivity contribution in [3.05, 3.63) is 65.7 Å². The van der Waals surface area contributed by atoms with Crippen LogP contribution >= 0.6 is 0 Å². The number of carboxylic acids is 1. The summed E-state index contributed by atoms with van der Waals surface area (Å²) in [5.74, 6) is -0.110. The SMILES string of the molecule is CCCc1nn(CC2CCC(COCC(=O)O)CC2)cc1-c1cccc(-c2ccc(C)cc2F)c1. The molecule has 0 atom stereocenters. The van der Waals surface area contributed by atoms with Crippen LogP contribution in [0, 0.1) is 24.6 Å². The molecule has 1 fully saturated rings. The molecule has 2 aromatic carbocycles. The number of hydrogen-bond donors (Lipinski definition) is 1. The van der Waals surface area contributed by atoms with Crippen molar-refractivity contribution < 1.29 is 19.0 Å². The summed E-state index contributed by atoms with van der Waals surface area (Å²) >= 11 is 0. The average molecular weight is 479 g/mol. The summed E-state index contributed by atoms with van der Waals surface area (Å²) < 4.78 is 22.0. The van der Waals surface area contributed by atoms with Crippen molar-refractivity contribution in [3.8, 4) is 22.3 Å². The maximum Gasteiger partial charge on any atom is 0.329 e. The molecular weight excluding hydrogens is 443 g/mol. The Labute approximate surface area is 206 Å². The molecule has 0 unspecified atom stereocenters. The zero-order chi connectivity index (χ0) is 24.8. The van der Waals surface area contributed by atoms with Gasteiger partial charge >= 0.3 is 5.97 Å². The van der Waals surface area contributed by atoms with Gasteiger partial charge in [0.05, 0.1) is 12.3 Å². The van der Waals surface area contributed by atoms with Gasteiger partial charge in [-0.05, 0) is 79.7 Å². The van der Waals surface area contributed by atoms with Crippen molar-refractivity contribution in [1.82, 2.24) is 9.78 Å². The van der Waals surface area contributed by atoms with E-state index in [1.54, 1.807) is 6.07 Å². The second-order valence-electron chi connectivity index (χ2n) is 9.82. The molecule has 0 radical (unpaired) electrons. The highest BCUT2D eigenvalue weighted by Gasteiger charge is 2.23. The summed E-state index contributed by atoms with van der Waals surface area (Å²) in [5, 5.41) is 13.7. The first-order chi connectivity index (χ1) is 16.9. The molecule has 5 nitrogen and oxygen atoms in total. The first-order valence-corrected chi connectivity index (χ1v) is 12.7. The van der Waals surface area contributed by atoms with Gasteiger partial charge in [-0.25, -0.2) is 9.18 Å². The Morgan fingerprint density at radius 1 is 1.09 bits per heavy atom. The Bertz CT molecular complexity index is 1150. The Kier molecular flexibility index (Phi) is 8.34. The first-order valence-electron chi connectivity index (χ1n) is 12.7. The molecule has 0 spiro atoms. The number of aromatic nitrogens is 2. The number of halogens is 1. The van der Waals surface area contributed by atoms with Crippen LogP contribution in [0.25, 0.3) is 22.3 Å². The fourth-order valence-corrected chi connectivity index (χ4v) is 5.08. The standard InChI is InChI=1S/C29H35FN2O3/c1-3-5-28-26(24-7-4-6-23(15-24)25-13-8-20(2)14-27(25)30)17-32(31-28)16-21-9-11-22(12-10-21)18-35-19-29(33)34/h4,6-8,13-15,17,21-22H,3,5,9-12,16,18-19H2,1-2H3,(H,33,34). The van der Waals surface area contributed by atoms with E-state index >= 15 is 0 Å². The number of hydrogen-bond acceptors (Lipinski definition) is 3. The lowest BCUT2D eigenvalue weighted by atomic mass is 9.82. The van der Waals surface area contributed by atoms with Crippen molar-refractivity contribution in [3.63, 3.8) is 0 Å². The van der Waals surface area contributed by atoms with Gasteiger partial charge in [-0.3, -0.25) is 4.68 Å². The zero-order valence-electron chi connectivity index (χ0n) is 20.7. The number of aliphatic carboxylic acids is 1. The van der Waals surface area contributed by atoms with Crippen LogP contribution in [0.1, 0.15) is 50.3 Å². The Morgan fingerprint density at radius 2 is 1.80 bits per heavy atom. The molecule has 1 aliphatic rings. The minimum absolute atomic E-state index is 0.199. The van der Waals surface area contributed by atoms with Crippen molar-refractivity contribution in [2.24, 2.45) is 11.8 Å². The molecule has 0 aliphatic heterocycles. The van der Waals surface area contributed by atoms with Crippen LogP contribution in [0.5, 0.6) is 0 Å². The van der Waals surface area contributed by atoms with Gasteiger partial charge in [0.25, 0.3) is 0 Å². The van der Waals surface area contributed by atoms with E-state index in [9.17, 15) is 9.18 Å². The van der Waals surface area contributed by atoms with Crippen LogP contribution in [-0.2, 0) is 22.5 Å². The Morgan fingerprint density at radius 3 is 2.49 bits per heavy atom. The number of aryl methyl sites for hydroxylation is 2. The van der Waals surface area contributed by atoms with Crippen LogP contribution in [0.15, 0.2) is 48.7 Å². The molecule has 1 aliphatic carbocycles. The highest BCUT2D eigenvalue weighted by Crippen LogP contribution is 2.33. The molecule has 4 rings (SSSR count). The molecule has 1 aromatic heterocycles. The molecule has 1 saturated carbocycles. The van der Waals surface area contributed by atoms with E-state index in [0.717, 1.165) is 73.0 Å². The predicted octanol–water partition coefficient (Wildman–Crippen LogP) is 6.52. The van der Waals surface area contributed by atoms with Gasteiger partial charge in [0.15, 0.2) is 0 Å². The smallest absolute Gasteiger partial charge is 0.329 e. The van der Waals surface area contributed by atoms with E-state index in [0.29, 0.717) is 24.0 Å². The van der Waals surface area contributed by atoms with Gasteiger partial charge in [0.1, 0.15) is 12.4 Å². The van der Waals surface area contributed by atoms with Crippen LogP contribution in [0.4, 0.5) is 4.39 Å². The highest BCUT2D eigenvalue weighted by molar-refractivity contribution is 5.74. The minimum Gasteiger partial charge on any atom is -0.480 e. The van der Waals surface area contributed by atoms with Gasteiger partial charge in [-0.2, -0.15) is 5.10 Å². The number of benzene rings is 2. The van der Waals surface area contributed by atoms with E-state index in [1.165, 1.54) is 0 Å². The normalized spacial score (nSPS) is 18.0. The fraction of sp³-hybridized carbons (Fsp3) is 0.448. The molecule has 1 N–H and O–H groups in total. The molecule has 6 heteroatoms. The van der Waals surface area contributed by atoms with E-state index in [2.05, 4.69) is 29.9 Å². The zero-order valence-corrected chi connectivity index (χ0v) is 20.7. The number of carboxylic acid groups (broad SMARTS) is 1. The van der Waals surface area contributed by atoms with E-state index in [-0.39, 0.29) is 12.4 Å². The Balaban J connectivity index is 1.46. The molecule has 186 valence electrons. The van der Waals surface area contributed by atoms with E-state index < -0.39 is 5.97 Å². The summed E-state index contributed by atoms with van der Waals surface area (Å²) in [6, 6.07) is 13.5. The second-order valence-corrected chi connectivity index (χ2v) is 9.82. The quantitative estimate of drug-likeness (QED) is 0.360. The summed E-state index contributed by atoms with van der Waals surface area (Å²) in [4.78, 5) is 10.6. The van der Waals surface area contributed by atoms with Crippen LogP contribution in [-0.4, -0.2) is 34.1 Å². The van der Waals surface area contributed by atoms with E-state index in [1.807, 2.05) is 31.2 Å². The van der Waals surface area contributed by atoms with Crippen molar-refractivity contribution in [2.75, 3.05) is 13.2 Å². The van der Waals surface area contributed by atoms with Crippen LogP contribution in [0.2, 0.25) is 0 Å². The molecule has 35 heavy (non-hydrogen) atoms. The third-order valence-electron chi connectivity index (χ3n) is 6.92. The number of nitrogens with zero attached hydrogens (tertiary/aromatic N) is 2. The van der Waals surface area contributed by atoms with Gasteiger partial charge in [-0.1, -0.05) is 43.7 Å². The third kappa shape index (κ3) is 6.57. The van der Waals surface area contributed by atoms with Crippen molar-refractivity contribution >= 4 is 5.97 Å². The summed E-state index contributed by atoms with van der Waals surface area (Å²) in [5.41, 5.74) is 5.68. The van der Waals surface area contributed by atoms with Crippen LogP contribution < -0.4 is 0 Å². The summed E-state index contributed by atoms with van der Waals surface area (Å²) in [6.07, 6.45) is 8.38. The maximum atomic E-state index is 14.6. The van der Waals surface area contributed by atoms with Crippen molar-refractivity contribution in [1.29, 1.82) is 0 Å². The van der Waals surface area contributed by atoms with Crippen LogP contribution in [0.3, 0.4) is 0 Å². The number of ether oxygens (including phenoxy) is 1. The average Bonchev–Trinajstić information content (AvgIpc) is 3.22. The van der Waals surface area contributed by atoms with Gasteiger partial charge in [-0.15, -0.1) is 0 Å². The topological polar surface area (TPSA) is 64.4 Å². The molecule has 3 aromatic rings. The maximum absolute atomic E-state index is 14.6. The lowest BCUT2D eigenvalue weighted by Crippen LogP contribution is -2.23. The summed E-state index contributed by atoms with van der Waals surface area (Å²) in [7, 11) is 0.